The van der Waals surface area contributed by atoms with Crippen molar-refractivity contribution in [1.29, 1.82) is 0 Å². The lowest BCUT2D eigenvalue weighted by Crippen LogP contribution is -2.38. The molecule has 19 heavy (non-hydrogen) atoms. The first-order valence-corrected chi connectivity index (χ1v) is 6.83. The molecule has 0 atom stereocenters. The fraction of sp³-hybridized carbons (Fsp3) is 0.500. The predicted molar refractivity (Wildman–Crippen MR) is 68.8 cm³/mol. The molecule has 1 aliphatic heterocycles. The minimum Gasteiger partial charge on any atom is -0.360 e. The van der Waals surface area contributed by atoms with E-state index < -0.39 is 0 Å². The lowest BCUT2D eigenvalue weighted by atomic mass is 10.3. The molecular formula is C10H13N7OS. The molecule has 3 rings (SSSR count). The molecule has 3 heterocycles. The second-order valence-electron chi connectivity index (χ2n) is 4.11. The first-order valence-electron chi connectivity index (χ1n) is 6.01. The number of anilines is 1. The zero-order valence-corrected chi connectivity index (χ0v) is 11.2. The van der Waals surface area contributed by atoms with E-state index in [1.165, 1.54) is 11.3 Å². The SMILES string of the molecule is CCNc1nnc(C(=O)N2CCn3cnnc3C2)s1. The van der Waals surface area contributed by atoms with Gasteiger partial charge in [-0.05, 0) is 6.92 Å². The van der Waals surface area contributed by atoms with Gasteiger partial charge in [-0.2, -0.15) is 0 Å². The molecule has 0 aliphatic carbocycles. The van der Waals surface area contributed by atoms with E-state index in [4.69, 9.17) is 0 Å². The van der Waals surface area contributed by atoms with Crippen LogP contribution in [0, 0.1) is 0 Å². The van der Waals surface area contributed by atoms with Crippen LogP contribution < -0.4 is 5.32 Å². The van der Waals surface area contributed by atoms with Gasteiger partial charge in [-0.1, -0.05) is 11.3 Å². The van der Waals surface area contributed by atoms with E-state index >= 15 is 0 Å². The number of rotatable bonds is 3. The molecule has 0 spiro atoms. The van der Waals surface area contributed by atoms with Crippen LogP contribution in [0.25, 0.3) is 0 Å². The van der Waals surface area contributed by atoms with Gasteiger partial charge in [0.2, 0.25) is 10.1 Å². The molecule has 0 aromatic carbocycles. The molecule has 0 saturated heterocycles. The van der Waals surface area contributed by atoms with Crippen LogP contribution in [0.4, 0.5) is 5.13 Å². The van der Waals surface area contributed by atoms with Crippen LogP contribution in [0.5, 0.6) is 0 Å². The average Bonchev–Trinajstić information content (AvgIpc) is 3.05. The van der Waals surface area contributed by atoms with Gasteiger partial charge in [0.05, 0.1) is 6.54 Å². The second kappa shape index (κ2) is 4.92. The van der Waals surface area contributed by atoms with Crippen LogP contribution in [0.3, 0.4) is 0 Å². The van der Waals surface area contributed by atoms with Crippen molar-refractivity contribution < 1.29 is 4.79 Å². The van der Waals surface area contributed by atoms with Crippen LogP contribution in [0.15, 0.2) is 6.33 Å². The first kappa shape index (κ1) is 12.0. The van der Waals surface area contributed by atoms with Crippen molar-refractivity contribution in [2.75, 3.05) is 18.4 Å². The van der Waals surface area contributed by atoms with Gasteiger partial charge in [-0.3, -0.25) is 4.79 Å². The Balaban J connectivity index is 1.74. The highest BCUT2D eigenvalue weighted by Gasteiger charge is 2.25. The van der Waals surface area contributed by atoms with Gasteiger partial charge in [0, 0.05) is 19.6 Å². The number of hydrogen-bond donors (Lipinski definition) is 1. The lowest BCUT2D eigenvalue weighted by molar-refractivity contribution is 0.0706. The molecule has 8 nitrogen and oxygen atoms in total. The van der Waals surface area contributed by atoms with E-state index in [1.54, 1.807) is 11.2 Å². The maximum Gasteiger partial charge on any atom is 0.285 e. The van der Waals surface area contributed by atoms with Crippen molar-refractivity contribution in [3.8, 4) is 0 Å². The number of amides is 1. The standard InChI is InChI=1S/C10H13N7OS/c1-2-11-10-15-14-8(19-10)9(18)16-3-4-17-6-12-13-7(17)5-16/h6H,2-5H2,1H3,(H,11,15). The maximum atomic E-state index is 12.3. The van der Waals surface area contributed by atoms with Crippen molar-refractivity contribution in [2.24, 2.45) is 0 Å². The number of aromatic nitrogens is 5. The Morgan fingerprint density at radius 2 is 2.32 bits per heavy atom. The minimum absolute atomic E-state index is 0.101. The Morgan fingerprint density at radius 3 is 3.16 bits per heavy atom. The quantitative estimate of drug-likeness (QED) is 0.864. The van der Waals surface area contributed by atoms with E-state index in [1.807, 2.05) is 11.5 Å². The van der Waals surface area contributed by atoms with Gasteiger partial charge in [-0.25, -0.2) is 0 Å². The molecule has 100 valence electrons. The Bertz CT molecular complexity index is 592. The normalized spacial score (nSPS) is 14.3. The third-order valence-electron chi connectivity index (χ3n) is 2.86. The first-order chi connectivity index (χ1) is 9.28. The van der Waals surface area contributed by atoms with E-state index in [2.05, 4.69) is 25.7 Å². The van der Waals surface area contributed by atoms with Crippen LogP contribution in [-0.2, 0) is 13.1 Å². The van der Waals surface area contributed by atoms with Crippen molar-refractivity contribution in [3.05, 3.63) is 17.2 Å². The monoisotopic (exact) mass is 279 g/mol. The molecule has 0 fully saturated rings. The van der Waals surface area contributed by atoms with E-state index in [9.17, 15) is 4.79 Å². The molecule has 2 aromatic rings. The van der Waals surface area contributed by atoms with Gasteiger partial charge in [0.15, 0.2) is 5.82 Å². The summed E-state index contributed by atoms with van der Waals surface area (Å²) in [5, 5.41) is 19.8. The second-order valence-corrected chi connectivity index (χ2v) is 5.09. The van der Waals surface area contributed by atoms with Gasteiger partial charge >= 0.3 is 0 Å². The minimum atomic E-state index is -0.101. The highest BCUT2D eigenvalue weighted by molar-refractivity contribution is 7.17. The zero-order chi connectivity index (χ0) is 13.2. The molecule has 1 amide bonds. The smallest absolute Gasteiger partial charge is 0.285 e. The van der Waals surface area contributed by atoms with Crippen LogP contribution in [0.2, 0.25) is 0 Å². The molecule has 0 radical (unpaired) electrons. The molecule has 0 bridgehead atoms. The Labute approximate surface area is 113 Å². The number of nitrogens with zero attached hydrogens (tertiary/aromatic N) is 6. The molecular weight excluding hydrogens is 266 g/mol. The zero-order valence-electron chi connectivity index (χ0n) is 10.4. The van der Waals surface area contributed by atoms with E-state index in [0.717, 1.165) is 12.4 Å². The van der Waals surface area contributed by atoms with Crippen LogP contribution >= 0.6 is 11.3 Å². The largest absolute Gasteiger partial charge is 0.360 e. The highest BCUT2D eigenvalue weighted by atomic mass is 32.1. The van der Waals surface area contributed by atoms with Gasteiger partial charge in [-0.15, -0.1) is 20.4 Å². The molecule has 0 saturated carbocycles. The Morgan fingerprint density at radius 1 is 1.42 bits per heavy atom. The van der Waals surface area contributed by atoms with E-state index in [0.29, 0.717) is 29.8 Å². The number of fused-ring (bicyclic) bond motifs is 1. The van der Waals surface area contributed by atoms with Gasteiger partial charge in [0.25, 0.3) is 5.91 Å². The summed E-state index contributed by atoms with van der Waals surface area (Å²) < 4.78 is 1.95. The maximum absolute atomic E-state index is 12.3. The Hall–Kier alpha value is -2.03. The molecule has 2 aromatic heterocycles. The van der Waals surface area contributed by atoms with Crippen molar-refractivity contribution in [3.63, 3.8) is 0 Å². The van der Waals surface area contributed by atoms with Crippen molar-refractivity contribution in [1.82, 2.24) is 29.9 Å². The Kier molecular flexibility index (Phi) is 3.11. The summed E-state index contributed by atoms with van der Waals surface area (Å²) in [6.45, 7) is 4.55. The topological polar surface area (TPSA) is 88.8 Å². The van der Waals surface area contributed by atoms with Crippen LogP contribution in [0.1, 0.15) is 22.6 Å². The fourth-order valence-electron chi connectivity index (χ4n) is 1.91. The highest BCUT2D eigenvalue weighted by Crippen LogP contribution is 2.19. The number of hydrogen-bond acceptors (Lipinski definition) is 7. The molecule has 0 unspecified atom stereocenters. The molecule has 9 heteroatoms. The predicted octanol–water partition coefficient (Wildman–Crippen LogP) is 0.217. The van der Waals surface area contributed by atoms with Crippen LogP contribution in [-0.4, -0.2) is 48.9 Å². The van der Waals surface area contributed by atoms with Gasteiger partial charge in [0.1, 0.15) is 6.33 Å². The van der Waals surface area contributed by atoms with Crippen molar-refractivity contribution in [2.45, 2.75) is 20.0 Å². The lowest BCUT2D eigenvalue weighted by Gasteiger charge is -2.25. The van der Waals surface area contributed by atoms with Gasteiger partial charge < -0.3 is 14.8 Å². The van der Waals surface area contributed by atoms with E-state index in [-0.39, 0.29) is 5.91 Å². The average molecular weight is 279 g/mol. The molecule has 1 N–H and O–H groups in total. The summed E-state index contributed by atoms with van der Waals surface area (Å²) in [4.78, 5) is 14.0. The molecule has 1 aliphatic rings. The number of nitrogens with one attached hydrogen (secondary N) is 1. The summed E-state index contributed by atoms with van der Waals surface area (Å²) in [6, 6.07) is 0. The summed E-state index contributed by atoms with van der Waals surface area (Å²) in [5.74, 6) is 0.701. The van der Waals surface area contributed by atoms with Crippen molar-refractivity contribution >= 4 is 22.4 Å². The number of carbonyl (C=O) groups excluding carboxylic acids is 1. The third-order valence-corrected chi connectivity index (χ3v) is 3.73. The fourth-order valence-corrected chi connectivity index (χ4v) is 2.69. The number of carbonyl (C=O) groups is 1. The summed E-state index contributed by atoms with van der Waals surface area (Å²) in [7, 11) is 0. The third kappa shape index (κ3) is 2.28. The summed E-state index contributed by atoms with van der Waals surface area (Å²) in [6.07, 6.45) is 1.69. The summed E-state index contributed by atoms with van der Waals surface area (Å²) >= 11 is 1.28. The summed E-state index contributed by atoms with van der Waals surface area (Å²) in [5.41, 5.74) is 0.